The summed E-state index contributed by atoms with van der Waals surface area (Å²) in [5.41, 5.74) is 0.496. The van der Waals surface area contributed by atoms with Crippen LogP contribution in [-0.2, 0) is 0 Å². The molecular weight excluding hydrogens is 210 g/mol. The van der Waals surface area contributed by atoms with Crippen molar-refractivity contribution in [3.63, 3.8) is 0 Å². The minimum atomic E-state index is -0.595. The van der Waals surface area contributed by atoms with Gasteiger partial charge in [0.2, 0.25) is 0 Å². The predicted molar refractivity (Wildman–Crippen MR) is 63.5 cm³/mol. The fourth-order valence-corrected chi connectivity index (χ4v) is 2.28. The van der Waals surface area contributed by atoms with Crippen molar-refractivity contribution in [3.8, 4) is 0 Å². The van der Waals surface area contributed by atoms with Gasteiger partial charge >= 0.3 is 0 Å². The van der Waals surface area contributed by atoms with Gasteiger partial charge in [0.25, 0.3) is 0 Å². The van der Waals surface area contributed by atoms with Gasteiger partial charge in [-0.2, -0.15) is 0 Å². The molecule has 0 aliphatic carbocycles. The molecule has 1 saturated heterocycles. The van der Waals surface area contributed by atoms with Crippen LogP contribution >= 0.6 is 11.6 Å². The first-order chi connectivity index (χ1) is 7.00. The Morgan fingerprint density at radius 2 is 2.27 bits per heavy atom. The minimum Gasteiger partial charge on any atom is -0.388 e. The maximum atomic E-state index is 10.1. The van der Waals surface area contributed by atoms with Crippen LogP contribution < -0.4 is 4.90 Å². The standard InChI is InChI=1S/C12H16ClNO/c1-9-12(2,15)6-7-14(9)11-5-3-4-10(13)8-11/h3-5,8-9,15H,6-7H2,1-2H3/t9-,12-/m0/s1. The lowest BCUT2D eigenvalue weighted by Gasteiger charge is -2.29. The van der Waals surface area contributed by atoms with Crippen molar-refractivity contribution in [1.29, 1.82) is 0 Å². The Bertz CT molecular complexity index is 364. The smallest absolute Gasteiger partial charge is 0.0836 e. The monoisotopic (exact) mass is 225 g/mol. The molecule has 0 radical (unpaired) electrons. The van der Waals surface area contributed by atoms with Crippen LogP contribution in [0.1, 0.15) is 20.3 Å². The van der Waals surface area contributed by atoms with Crippen molar-refractivity contribution >= 4 is 17.3 Å². The van der Waals surface area contributed by atoms with E-state index < -0.39 is 5.60 Å². The molecule has 0 unspecified atom stereocenters. The molecule has 1 fully saturated rings. The zero-order valence-corrected chi connectivity index (χ0v) is 9.83. The summed E-state index contributed by atoms with van der Waals surface area (Å²) in [4.78, 5) is 2.20. The number of benzene rings is 1. The van der Waals surface area contributed by atoms with Gasteiger partial charge in [0.05, 0.1) is 11.6 Å². The molecule has 0 saturated carbocycles. The van der Waals surface area contributed by atoms with E-state index in [1.807, 2.05) is 38.1 Å². The van der Waals surface area contributed by atoms with E-state index in [9.17, 15) is 5.11 Å². The Balaban J connectivity index is 2.26. The Labute approximate surface area is 95.5 Å². The second-order valence-electron chi connectivity index (χ2n) is 4.46. The van der Waals surface area contributed by atoms with Gasteiger partial charge in [-0.1, -0.05) is 17.7 Å². The topological polar surface area (TPSA) is 23.5 Å². The van der Waals surface area contributed by atoms with Gasteiger partial charge in [0.1, 0.15) is 0 Å². The summed E-state index contributed by atoms with van der Waals surface area (Å²) in [6, 6.07) is 7.92. The second kappa shape index (κ2) is 3.69. The number of hydrogen-bond acceptors (Lipinski definition) is 2. The zero-order valence-electron chi connectivity index (χ0n) is 9.07. The number of nitrogens with zero attached hydrogens (tertiary/aromatic N) is 1. The summed E-state index contributed by atoms with van der Waals surface area (Å²) in [5, 5.41) is 10.8. The van der Waals surface area contributed by atoms with Crippen LogP contribution in [0.5, 0.6) is 0 Å². The molecule has 1 aliphatic rings. The average Bonchev–Trinajstić information content (AvgIpc) is 2.42. The number of hydrogen-bond donors (Lipinski definition) is 1. The largest absolute Gasteiger partial charge is 0.388 e. The van der Waals surface area contributed by atoms with Crippen LogP contribution in [0.25, 0.3) is 0 Å². The third kappa shape index (κ3) is 1.97. The third-order valence-electron chi connectivity index (χ3n) is 3.37. The summed E-state index contributed by atoms with van der Waals surface area (Å²) in [6.07, 6.45) is 0.806. The van der Waals surface area contributed by atoms with Crippen molar-refractivity contribution in [2.24, 2.45) is 0 Å². The molecule has 3 heteroatoms. The van der Waals surface area contributed by atoms with Crippen molar-refractivity contribution < 1.29 is 5.11 Å². The highest BCUT2D eigenvalue weighted by Gasteiger charge is 2.39. The lowest BCUT2D eigenvalue weighted by atomic mass is 9.99. The Morgan fingerprint density at radius 1 is 1.53 bits per heavy atom. The van der Waals surface area contributed by atoms with Crippen molar-refractivity contribution in [1.82, 2.24) is 0 Å². The highest BCUT2D eigenvalue weighted by molar-refractivity contribution is 6.30. The molecule has 0 bridgehead atoms. The zero-order chi connectivity index (χ0) is 11.1. The van der Waals surface area contributed by atoms with Gasteiger partial charge in [-0.3, -0.25) is 0 Å². The number of halogens is 1. The number of aliphatic hydroxyl groups is 1. The molecule has 1 aliphatic heterocycles. The summed E-state index contributed by atoms with van der Waals surface area (Å²) in [6.45, 7) is 4.82. The molecule has 2 rings (SSSR count). The van der Waals surface area contributed by atoms with Gasteiger partial charge in [0, 0.05) is 17.3 Å². The number of rotatable bonds is 1. The quantitative estimate of drug-likeness (QED) is 0.795. The molecule has 2 nitrogen and oxygen atoms in total. The van der Waals surface area contributed by atoms with Crippen molar-refractivity contribution in [2.75, 3.05) is 11.4 Å². The van der Waals surface area contributed by atoms with E-state index in [4.69, 9.17) is 11.6 Å². The second-order valence-corrected chi connectivity index (χ2v) is 4.89. The third-order valence-corrected chi connectivity index (χ3v) is 3.60. The van der Waals surface area contributed by atoms with E-state index in [-0.39, 0.29) is 6.04 Å². The van der Waals surface area contributed by atoms with E-state index in [2.05, 4.69) is 4.90 Å². The maximum absolute atomic E-state index is 10.1. The fraction of sp³-hybridized carbons (Fsp3) is 0.500. The van der Waals surface area contributed by atoms with E-state index in [0.717, 1.165) is 23.7 Å². The first kappa shape index (κ1) is 10.8. The number of anilines is 1. The highest BCUT2D eigenvalue weighted by atomic mass is 35.5. The van der Waals surface area contributed by atoms with Gasteiger partial charge < -0.3 is 10.0 Å². The molecule has 0 spiro atoms. The van der Waals surface area contributed by atoms with Crippen LogP contribution in [0.4, 0.5) is 5.69 Å². The lowest BCUT2D eigenvalue weighted by Crippen LogP contribution is -2.40. The summed E-state index contributed by atoms with van der Waals surface area (Å²) >= 11 is 5.95. The normalized spacial score (nSPS) is 30.9. The van der Waals surface area contributed by atoms with Crippen LogP contribution in [0, 0.1) is 0 Å². The van der Waals surface area contributed by atoms with E-state index in [0.29, 0.717) is 0 Å². The molecule has 1 heterocycles. The molecular formula is C12H16ClNO. The average molecular weight is 226 g/mol. The Hall–Kier alpha value is -0.730. The van der Waals surface area contributed by atoms with Gasteiger partial charge in [-0.05, 0) is 38.5 Å². The van der Waals surface area contributed by atoms with Crippen LogP contribution in [0.2, 0.25) is 5.02 Å². The highest BCUT2D eigenvalue weighted by Crippen LogP contribution is 2.33. The SMILES string of the molecule is C[C@@H]1N(c2cccc(Cl)c2)CC[C@]1(C)O. The van der Waals surface area contributed by atoms with Gasteiger partial charge in [-0.15, -0.1) is 0 Å². The molecule has 15 heavy (non-hydrogen) atoms. The molecule has 0 amide bonds. The van der Waals surface area contributed by atoms with E-state index >= 15 is 0 Å². The molecule has 2 atom stereocenters. The molecule has 1 aromatic carbocycles. The minimum absolute atomic E-state index is 0.135. The molecule has 82 valence electrons. The summed E-state index contributed by atoms with van der Waals surface area (Å²) in [7, 11) is 0. The van der Waals surface area contributed by atoms with E-state index in [1.165, 1.54) is 0 Å². The lowest BCUT2D eigenvalue weighted by molar-refractivity contribution is 0.0566. The fourth-order valence-electron chi connectivity index (χ4n) is 2.09. The van der Waals surface area contributed by atoms with Crippen molar-refractivity contribution in [2.45, 2.75) is 31.9 Å². The van der Waals surface area contributed by atoms with Gasteiger partial charge in [-0.25, -0.2) is 0 Å². The van der Waals surface area contributed by atoms with Crippen LogP contribution in [-0.4, -0.2) is 23.3 Å². The van der Waals surface area contributed by atoms with Gasteiger partial charge in [0.15, 0.2) is 0 Å². The summed E-state index contributed by atoms with van der Waals surface area (Å²) < 4.78 is 0. The first-order valence-electron chi connectivity index (χ1n) is 5.25. The van der Waals surface area contributed by atoms with E-state index in [1.54, 1.807) is 0 Å². The van der Waals surface area contributed by atoms with Crippen molar-refractivity contribution in [3.05, 3.63) is 29.3 Å². The Kier molecular flexibility index (Phi) is 2.65. The Morgan fingerprint density at radius 3 is 2.80 bits per heavy atom. The van der Waals surface area contributed by atoms with Crippen LogP contribution in [0.15, 0.2) is 24.3 Å². The maximum Gasteiger partial charge on any atom is 0.0836 e. The summed E-state index contributed by atoms with van der Waals surface area (Å²) in [5.74, 6) is 0. The molecule has 0 aromatic heterocycles. The molecule has 1 N–H and O–H groups in total. The predicted octanol–water partition coefficient (Wildman–Crippen LogP) is 2.69. The van der Waals surface area contributed by atoms with Crippen LogP contribution in [0.3, 0.4) is 0 Å². The molecule has 1 aromatic rings. The first-order valence-corrected chi connectivity index (χ1v) is 5.63.